The van der Waals surface area contributed by atoms with Crippen molar-refractivity contribution in [3.8, 4) is 0 Å². The highest BCUT2D eigenvalue weighted by Crippen LogP contribution is 2.63. The molecule has 29 heavy (non-hydrogen) atoms. The zero-order valence-corrected chi connectivity index (χ0v) is 18.7. The van der Waals surface area contributed by atoms with E-state index in [-0.39, 0.29) is 17.9 Å². The van der Waals surface area contributed by atoms with Crippen LogP contribution in [0, 0.1) is 52.8 Å². The van der Waals surface area contributed by atoms with Crippen LogP contribution in [0.4, 0.5) is 0 Å². The number of allylic oxidation sites excluding steroid dienone is 4. The first-order valence-electron chi connectivity index (χ1n) is 12.0. The quantitative estimate of drug-likeness (QED) is 0.596. The molecular weight excluding hydrogens is 360 g/mol. The minimum absolute atomic E-state index is 0.107. The molecule has 4 aliphatic carbocycles. The number of hydrogen-bond acceptors (Lipinski definition) is 2. The van der Waals surface area contributed by atoms with Gasteiger partial charge in [-0.05, 0) is 91.3 Å². The van der Waals surface area contributed by atoms with E-state index in [1.807, 2.05) is 0 Å². The van der Waals surface area contributed by atoms with Gasteiger partial charge in [0.05, 0.1) is 6.10 Å². The SMILES string of the molecule is CC1C=CC(C(C)CCC(=O)O)C2CC=C3C(C(C)CC4CC(O)CCC34C)C12. The van der Waals surface area contributed by atoms with E-state index in [1.54, 1.807) is 5.57 Å². The average molecular weight is 401 g/mol. The van der Waals surface area contributed by atoms with Crippen molar-refractivity contribution in [3.05, 3.63) is 23.8 Å². The second-order valence-corrected chi connectivity index (χ2v) is 11.1. The summed E-state index contributed by atoms with van der Waals surface area (Å²) in [6.07, 6.45) is 13.9. The fourth-order valence-electron chi connectivity index (χ4n) is 7.90. The zero-order chi connectivity index (χ0) is 20.9. The molecule has 0 saturated heterocycles. The van der Waals surface area contributed by atoms with E-state index in [9.17, 15) is 9.90 Å². The molecule has 0 heterocycles. The minimum atomic E-state index is -0.674. The number of fused-ring (bicyclic) bond motifs is 5. The van der Waals surface area contributed by atoms with Gasteiger partial charge in [0.15, 0.2) is 0 Å². The van der Waals surface area contributed by atoms with Gasteiger partial charge in [0.2, 0.25) is 0 Å². The second-order valence-electron chi connectivity index (χ2n) is 11.1. The van der Waals surface area contributed by atoms with Gasteiger partial charge in [-0.15, -0.1) is 0 Å². The first kappa shape index (κ1) is 21.2. The maximum Gasteiger partial charge on any atom is 0.303 e. The van der Waals surface area contributed by atoms with Gasteiger partial charge in [0, 0.05) is 6.42 Å². The molecule has 2 fully saturated rings. The maximum absolute atomic E-state index is 11.1. The normalized spacial score (nSPS) is 47.4. The van der Waals surface area contributed by atoms with Crippen LogP contribution in [-0.2, 0) is 4.79 Å². The molecule has 0 aliphatic heterocycles. The van der Waals surface area contributed by atoms with Crippen LogP contribution in [-0.4, -0.2) is 22.3 Å². The predicted octanol–water partition coefficient (Wildman–Crippen LogP) is 5.70. The fraction of sp³-hybridized carbons (Fsp3) is 0.808. The van der Waals surface area contributed by atoms with Crippen LogP contribution in [0.15, 0.2) is 23.8 Å². The standard InChI is InChI=1S/C26H40O3/c1-15(6-10-23(28)29)20-7-5-16(2)24-21(20)8-9-22-25(24)17(3)13-18-14-19(27)11-12-26(18,22)4/h5,7,9,15-21,24-25,27H,6,8,10-14H2,1-4H3,(H,28,29). The number of carboxylic acid groups (broad SMARTS) is 1. The number of carboxylic acids is 1. The third-order valence-corrected chi connectivity index (χ3v) is 9.47. The highest BCUT2D eigenvalue weighted by Gasteiger charge is 2.55. The summed E-state index contributed by atoms with van der Waals surface area (Å²) in [5, 5.41) is 19.4. The second kappa shape index (κ2) is 7.87. The number of aliphatic hydroxyl groups excluding tert-OH is 1. The molecule has 4 rings (SSSR count). The minimum Gasteiger partial charge on any atom is -0.481 e. The molecule has 2 saturated carbocycles. The Morgan fingerprint density at radius 1 is 1.28 bits per heavy atom. The molecule has 2 N–H and O–H groups in total. The molecule has 10 unspecified atom stereocenters. The highest BCUT2D eigenvalue weighted by atomic mass is 16.4. The van der Waals surface area contributed by atoms with Gasteiger partial charge in [-0.3, -0.25) is 4.79 Å². The average Bonchev–Trinajstić information content (AvgIpc) is 2.67. The molecule has 0 radical (unpaired) electrons. The number of hydrogen-bond donors (Lipinski definition) is 2. The van der Waals surface area contributed by atoms with Crippen molar-refractivity contribution >= 4 is 5.97 Å². The summed E-state index contributed by atoms with van der Waals surface area (Å²) in [6.45, 7) is 9.61. The Morgan fingerprint density at radius 2 is 2.03 bits per heavy atom. The Kier molecular flexibility index (Phi) is 5.74. The van der Waals surface area contributed by atoms with Gasteiger partial charge >= 0.3 is 5.97 Å². The summed E-state index contributed by atoms with van der Waals surface area (Å²) in [5.41, 5.74) is 1.99. The molecule has 0 aromatic heterocycles. The number of aliphatic hydroxyl groups is 1. The van der Waals surface area contributed by atoms with Crippen molar-refractivity contribution in [1.29, 1.82) is 0 Å². The van der Waals surface area contributed by atoms with Crippen LogP contribution < -0.4 is 0 Å². The van der Waals surface area contributed by atoms with Gasteiger partial charge in [-0.1, -0.05) is 51.5 Å². The van der Waals surface area contributed by atoms with Crippen molar-refractivity contribution < 1.29 is 15.0 Å². The summed E-state index contributed by atoms with van der Waals surface area (Å²) in [6, 6.07) is 0. The number of rotatable bonds is 4. The molecular formula is C26H40O3. The monoisotopic (exact) mass is 400 g/mol. The summed E-state index contributed by atoms with van der Waals surface area (Å²) in [4.78, 5) is 11.1. The Labute approximate surface area is 176 Å². The third kappa shape index (κ3) is 3.62. The van der Waals surface area contributed by atoms with E-state index in [0.717, 1.165) is 32.1 Å². The van der Waals surface area contributed by atoms with Gasteiger partial charge in [0.25, 0.3) is 0 Å². The third-order valence-electron chi connectivity index (χ3n) is 9.47. The van der Waals surface area contributed by atoms with Crippen LogP contribution in [0.2, 0.25) is 0 Å². The predicted molar refractivity (Wildman–Crippen MR) is 116 cm³/mol. The summed E-state index contributed by atoms with van der Waals surface area (Å²) in [7, 11) is 0. The van der Waals surface area contributed by atoms with Gasteiger partial charge < -0.3 is 10.2 Å². The molecule has 0 spiro atoms. The lowest BCUT2D eigenvalue weighted by Crippen LogP contribution is -2.52. The van der Waals surface area contributed by atoms with Crippen LogP contribution in [0.5, 0.6) is 0 Å². The molecule has 0 aromatic carbocycles. The van der Waals surface area contributed by atoms with E-state index in [0.29, 0.717) is 47.3 Å². The molecule has 0 aromatic rings. The van der Waals surface area contributed by atoms with Crippen molar-refractivity contribution in [1.82, 2.24) is 0 Å². The van der Waals surface area contributed by atoms with Crippen molar-refractivity contribution in [2.24, 2.45) is 52.8 Å². The summed E-state index contributed by atoms with van der Waals surface area (Å²) < 4.78 is 0. The van der Waals surface area contributed by atoms with Crippen LogP contribution in [0.1, 0.15) is 72.6 Å². The summed E-state index contributed by atoms with van der Waals surface area (Å²) in [5.74, 6) is 4.10. The Hall–Kier alpha value is -1.09. The molecule has 3 heteroatoms. The molecule has 3 nitrogen and oxygen atoms in total. The highest BCUT2D eigenvalue weighted by molar-refractivity contribution is 5.66. The van der Waals surface area contributed by atoms with Crippen molar-refractivity contribution in [2.45, 2.75) is 78.7 Å². The molecule has 10 atom stereocenters. The first-order chi connectivity index (χ1) is 13.7. The number of aliphatic carboxylic acids is 1. The largest absolute Gasteiger partial charge is 0.481 e. The van der Waals surface area contributed by atoms with Crippen LogP contribution >= 0.6 is 0 Å². The van der Waals surface area contributed by atoms with Crippen LogP contribution in [0.25, 0.3) is 0 Å². The lowest BCUT2D eigenvalue weighted by molar-refractivity contribution is -0.137. The van der Waals surface area contributed by atoms with E-state index >= 15 is 0 Å². The smallest absolute Gasteiger partial charge is 0.303 e. The molecule has 0 bridgehead atoms. The van der Waals surface area contributed by atoms with Crippen molar-refractivity contribution in [2.75, 3.05) is 0 Å². The Balaban J connectivity index is 1.63. The maximum atomic E-state index is 11.1. The van der Waals surface area contributed by atoms with E-state index in [1.165, 1.54) is 6.42 Å². The van der Waals surface area contributed by atoms with E-state index < -0.39 is 5.97 Å². The van der Waals surface area contributed by atoms with E-state index in [2.05, 4.69) is 45.9 Å². The van der Waals surface area contributed by atoms with Gasteiger partial charge in [0.1, 0.15) is 0 Å². The molecule has 0 amide bonds. The Bertz CT molecular complexity index is 694. The lowest BCUT2D eigenvalue weighted by Gasteiger charge is -2.59. The van der Waals surface area contributed by atoms with Crippen molar-refractivity contribution in [3.63, 3.8) is 0 Å². The van der Waals surface area contributed by atoms with Gasteiger partial charge in [-0.2, -0.15) is 0 Å². The number of carbonyl (C=O) groups is 1. The molecule has 162 valence electrons. The van der Waals surface area contributed by atoms with E-state index in [4.69, 9.17) is 5.11 Å². The zero-order valence-electron chi connectivity index (χ0n) is 18.7. The van der Waals surface area contributed by atoms with Gasteiger partial charge in [-0.25, -0.2) is 0 Å². The Morgan fingerprint density at radius 3 is 2.76 bits per heavy atom. The van der Waals surface area contributed by atoms with Crippen LogP contribution in [0.3, 0.4) is 0 Å². The first-order valence-corrected chi connectivity index (χ1v) is 12.0. The fourth-order valence-corrected chi connectivity index (χ4v) is 7.90. The topological polar surface area (TPSA) is 57.5 Å². The lowest BCUT2D eigenvalue weighted by atomic mass is 9.45. The molecule has 4 aliphatic rings. The summed E-state index contributed by atoms with van der Waals surface area (Å²) >= 11 is 0.